The van der Waals surface area contributed by atoms with Gasteiger partial charge in [-0.1, -0.05) is 6.07 Å². The Morgan fingerprint density at radius 3 is 2.24 bits per heavy atom. The van der Waals surface area contributed by atoms with E-state index in [1.54, 1.807) is 14.2 Å². The number of hydrogen-bond acceptors (Lipinski definition) is 4. The average Bonchev–Trinajstić information content (AvgIpc) is 2.34. The highest BCUT2D eigenvalue weighted by Gasteiger charge is 2.14. The molecule has 0 aliphatic rings. The van der Waals surface area contributed by atoms with Crippen LogP contribution in [0.1, 0.15) is 25.5 Å². The van der Waals surface area contributed by atoms with Gasteiger partial charge in [-0.25, -0.2) is 0 Å². The smallest absolute Gasteiger partial charge is 0.161 e. The van der Waals surface area contributed by atoms with Crippen LogP contribution in [-0.2, 0) is 4.74 Å². The van der Waals surface area contributed by atoms with Crippen LogP contribution in [0, 0.1) is 0 Å². The van der Waals surface area contributed by atoms with Crippen molar-refractivity contribution in [2.45, 2.75) is 26.1 Å². The largest absolute Gasteiger partial charge is 0.493 e. The van der Waals surface area contributed by atoms with Crippen LogP contribution >= 0.6 is 0 Å². The maximum absolute atomic E-state index is 5.74. The molecule has 1 atom stereocenters. The van der Waals surface area contributed by atoms with Gasteiger partial charge in [0.05, 0.1) is 26.4 Å². The predicted octanol–water partition coefficient (Wildman–Crippen LogP) is 2.13. The maximum atomic E-state index is 5.74. The lowest BCUT2D eigenvalue weighted by atomic mass is 10.1. The summed E-state index contributed by atoms with van der Waals surface area (Å²) in [6.07, 6.45) is 0.0199. The van der Waals surface area contributed by atoms with Gasteiger partial charge in [-0.05, 0) is 31.5 Å². The lowest BCUT2D eigenvalue weighted by Gasteiger charge is -2.20. The summed E-state index contributed by atoms with van der Waals surface area (Å²) in [6, 6.07) is 5.71. The average molecular weight is 239 g/mol. The van der Waals surface area contributed by atoms with Crippen molar-refractivity contribution in [2.75, 3.05) is 20.8 Å². The van der Waals surface area contributed by atoms with E-state index in [2.05, 4.69) is 0 Å². The summed E-state index contributed by atoms with van der Waals surface area (Å²) in [5.41, 5.74) is 6.72. The van der Waals surface area contributed by atoms with Crippen molar-refractivity contribution >= 4 is 0 Å². The first-order valence-electron chi connectivity index (χ1n) is 5.69. The van der Waals surface area contributed by atoms with Gasteiger partial charge < -0.3 is 19.9 Å². The van der Waals surface area contributed by atoms with Crippen molar-refractivity contribution in [3.63, 3.8) is 0 Å². The molecule has 0 amide bonds. The Morgan fingerprint density at radius 1 is 1.12 bits per heavy atom. The summed E-state index contributed by atoms with van der Waals surface area (Å²) in [5, 5.41) is 0. The molecule has 0 saturated heterocycles. The molecule has 2 N–H and O–H groups in total. The van der Waals surface area contributed by atoms with Gasteiger partial charge in [0.25, 0.3) is 0 Å². The molecule has 1 rings (SSSR count). The lowest BCUT2D eigenvalue weighted by Crippen LogP contribution is -2.19. The third kappa shape index (κ3) is 3.61. The molecule has 0 saturated carbocycles. The first kappa shape index (κ1) is 13.8. The number of methoxy groups -OCH3 is 2. The van der Waals surface area contributed by atoms with Crippen molar-refractivity contribution in [1.29, 1.82) is 0 Å². The van der Waals surface area contributed by atoms with Gasteiger partial charge in [-0.15, -0.1) is 0 Å². The minimum absolute atomic E-state index is 0.116. The van der Waals surface area contributed by atoms with Crippen molar-refractivity contribution in [3.05, 3.63) is 23.8 Å². The highest BCUT2D eigenvalue weighted by Crippen LogP contribution is 2.31. The van der Waals surface area contributed by atoms with Crippen LogP contribution in [-0.4, -0.2) is 26.9 Å². The van der Waals surface area contributed by atoms with Gasteiger partial charge in [0.2, 0.25) is 0 Å². The Kier molecular flexibility index (Phi) is 5.25. The van der Waals surface area contributed by atoms with Crippen LogP contribution in [0.2, 0.25) is 0 Å². The molecule has 1 unspecified atom stereocenters. The lowest BCUT2D eigenvalue weighted by molar-refractivity contribution is 0.0118. The number of ether oxygens (including phenoxy) is 3. The molecular formula is C13H21NO3. The molecule has 1 aromatic rings. The minimum atomic E-state index is -0.116. The van der Waals surface area contributed by atoms with E-state index in [0.717, 1.165) is 5.56 Å². The van der Waals surface area contributed by atoms with Gasteiger partial charge in [0.1, 0.15) is 0 Å². The Hall–Kier alpha value is -1.26. The Balaban J connectivity index is 2.96. The topological polar surface area (TPSA) is 53.7 Å². The summed E-state index contributed by atoms with van der Waals surface area (Å²) in [6.45, 7) is 4.42. The van der Waals surface area contributed by atoms with Crippen LogP contribution in [0.25, 0.3) is 0 Å². The van der Waals surface area contributed by atoms with Gasteiger partial charge >= 0.3 is 0 Å². The fraction of sp³-hybridized carbons (Fsp3) is 0.538. The molecule has 1 aromatic carbocycles. The highest BCUT2D eigenvalue weighted by atomic mass is 16.5. The first-order chi connectivity index (χ1) is 8.12. The van der Waals surface area contributed by atoms with E-state index in [1.165, 1.54) is 0 Å². The van der Waals surface area contributed by atoms with Crippen molar-refractivity contribution < 1.29 is 14.2 Å². The van der Waals surface area contributed by atoms with E-state index in [-0.39, 0.29) is 12.2 Å². The Labute approximate surface area is 103 Å². The second-order valence-corrected chi connectivity index (χ2v) is 4.02. The zero-order chi connectivity index (χ0) is 12.8. The summed E-state index contributed by atoms with van der Waals surface area (Å²) in [7, 11) is 3.23. The summed E-state index contributed by atoms with van der Waals surface area (Å²) < 4.78 is 16.2. The van der Waals surface area contributed by atoms with Crippen molar-refractivity contribution in [1.82, 2.24) is 0 Å². The Morgan fingerprint density at radius 2 is 1.76 bits per heavy atom. The predicted molar refractivity (Wildman–Crippen MR) is 67.6 cm³/mol. The van der Waals surface area contributed by atoms with Crippen LogP contribution in [0.3, 0.4) is 0 Å². The molecule has 0 bridgehead atoms. The molecule has 0 aliphatic carbocycles. The van der Waals surface area contributed by atoms with E-state index in [9.17, 15) is 0 Å². The van der Waals surface area contributed by atoms with E-state index in [0.29, 0.717) is 18.0 Å². The summed E-state index contributed by atoms with van der Waals surface area (Å²) in [4.78, 5) is 0. The molecule has 4 nitrogen and oxygen atoms in total. The number of nitrogens with two attached hydrogens (primary N) is 1. The number of rotatable bonds is 6. The summed E-state index contributed by atoms with van der Waals surface area (Å²) in [5.74, 6) is 1.40. The van der Waals surface area contributed by atoms with Crippen molar-refractivity contribution in [2.24, 2.45) is 5.73 Å². The number of benzene rings is 1. The molecule has 0 aromatic heterocycles. The molecule has 0 heterocycles. The fourth-order valence-corrected chi connectivity index (χ4v) is 1.65. The monoisotopic (exact) mass is 239 g/mol. The van der Waals surface area contributed by atoms with Crippen LogP contribution in [0.4, 0.5) is 0 Å². The van der Waals surface area contributed by atoms with Gasteiger partial charge in [0, 0.05) is 6.54 Å². The maximum Gasteiger partial charge on any atom is 0.161 e. The van der Waals surface area contributed by atoms with Gasteiger partial charge in [0.15, 0.2) is 11.5 Å². The number of hydrogen-bond donors (Lipinski definition) is 1. The Bertz CT molecular complexity index is 353. The van der Waals surface area contributed by atoms with Gasteiger partial charge in [-0.3, -0.25) is 0 Å². The molecule has 17 heavy (non-hydrogen) atoms. The zero-order valence-corrected chi connectivity index (χ0v) is 10.9. The van der Waals surface area contributed by atoms with E-state index < -0.39 is 0 Å². The third-order valence-corrected chi connectivity index (χ3v) is 2.43. The van der Waals surface area contributed by atoms with Crippen LogP contribution in [0.15, 0.2) is 18.2 Å². The van der Waals surface area contributed by atoms with Crippen molar-refractivity contribution in [3.8, 4) is 11.5 Å². The molecule has 4 heteroatoms. The molecule has 0 aliphatic heterocycles. The summed E-state index contributed by atoms with van der Waals surface area (Å²) >= 11 is 0. The quantitative estimate of drug-likeness (QED) is 0.826. The fourth-order valence-electron chi connectivity index (χ4n) is 1.65. The third-order valence-electron chi connectivity index (χ3n) is 2.43. The van der Waals surface area contributed by atoms with E-state index in [4.69, 9.17) is 19.9 Å². The minimum Gasteiger partial charge on any atom is -0.493 e. The van der Waals surface area contributed by atoms with Gasteiger partial charge in [-0.2, -0.15) is 0 Å². The van der Waals surface area contributed by atoms with E-state index in [1.807, 2.05) is 32.0 Å². The van der Waals surface area contributed by atoms with Crippen LogP contribution in [0.5, 0.6) is 11.5 Å². The molecule has 0 radical (unpaired) electrons. The molecule has 96 valence electrons. The second kappa shape index (κ2) is 6.47. The van der Waals surface area contributed by atoms with Crippen LogP contribution < -0.4 is 15.2 Å². The molecule has 0 spiro atoms. The standard InChI is InChI=1S/C13H21NO3/c1-9(2)17-13(8-14)10-5-6-11(15-3)12(7-10)16-4/h5-7,9,13H,8,14H2,1-4H3. The molecule has 0 fully saturated rings. The zero-order valence-electron chi connectivity index (χ0n) is 10.9. The first-order valence-corrected chi connectivity index (χ1v) is 5.69. The highest BCUT2D eigenvalue weighted by molar-refractivity contribution is 5.43. The SMILES string of the molecule is COc1ccc(C(CN)OC(C)C)cc1OC. The second-order valence-electron chi connectivity index (χ2n) is 4.02. The normalized spacial score (nSPS) is 12.6. The molecular weight excluding hydrogens is 218 g/mol. The van der Waals surface area contributed by atoms with E-state index >= 15 is 0 Å².